The largest absolute Gasteiger partial charge is 0.393 e. The van der Waals surface area contributed by atoms with Gasteiger partial charge in [-0.1, -0.05) is 0 Å². The molecule has 1 aromatic rings. The summed E-state index contributed by atoms with van der Waals surface area (Å²) in [6, 6.07) is 3.80. The van der Waals surface area contributed by atoms with Crippen molar-refractivity contribution in [2.24, 2.45) is 0 Å². The summed E-state index contributed by atoms with van der Waals surface area (Å²) in [4.78, 5) is 18.5. The maximum atomic E-state index is 12.0. The molecule has 6 nitrogen and oxygen atoms in total. The van der Waals surface area contributed by atoms with E-state index in [2.05, 4.69) is 20.5 Å². The van der Waals surface area contributed by atoms with E-state index in [4.69, 9.17) is 0 Å². The predicted molar refractivity (Wildman–Crippen MR) is 75.8 cm³/mol. The Morgan fingerprint density at radius 3 is 2.70 bits per heavy atom. The SMILES string of the molecule is O=C(N[C@H]1C[C@@H](O)C1)c1ccc(N2CCNCC2)cn1. The van der Waals surface area contributed by atoms with E-state index in [-0.39, 0.29) is 18.1 Å². The van der Waals surface area contributed by atoms with Crippen LogP contribution in [-0.2, 0) is 0 Å². The summed E-state index contributed by atoms with van der Waals surface area (Å²) in [6.07, 6.45) is 2.79. The molecule has 0 spiro atoms. The minimum absolute atomic E-state index is 0.0899. The standard InChI is InChI=1S/C14H20N4O2/c19-12-7-10(8-12)17-14(20)13-2-1-11(9-16-13)18-5-3-15-4-6-18/h1-2,9-10,12,15,19H,3-8H2,(H,17,20)/t10-,12+. The molecule has 0 aromatic carbocycles. The van der Waals surface area contributed by atoms with Gasteiger partial charge < -0.3 is 20.6 Å². The minimum atomic E-state index is -0.261. The number of nitrogens with one attached hydrogen (secondary N) is 2. The number of nitrogens with zero attached hydrogens (tertiary/aromatic N) is 2. The summed E-state index contributed by atoms with van der Waals surface area (Å²) in [5, 5.41) is 15.4. The van der Waals surface area contributed by atoms with Crippen molar-refractivity contribution in [3.8, 4) is 0 Å². The Labute approximate surface area is 118 Å². The van der Waals surface area contributed by atoms with Gasteiger partial charge in [0.1, 0.15) is 5.69 Å². The zero-order chi connectivity index (χ0) is 13.9. The fraction of sp³-hybridized carbons (Fsp3) is 0.571. The first-order valence-electron chi connectivity index (χ1n) is 7.13. The molecule has 1 saturated carbocycles. The Hall–Kier alpha value is -1.66. The number of hydrogen-bond acceptors (Lipinski definition) is 5. The summed E-state index contributed by atoms with van der Waals surface area (Å²) in [5.74, 6) is -0.159. The van der Waals surface area contributed by atoms with Gasteiger partial charge in [-0.25, -0.2) is 4.98 Å². The predicted octanol–water partition coefficient (Wildman–Crippen LogP) is -0.256. The first-order valence-corrected chi connectivity index (χ1v) is 7.13. The third-order valence-corrected chi connectivity index (χ3v) is 3.91. The maximum Gasteiger partial charge on any atom is 0.270 e. The fourth-order valence-electron chi connectivity index (χ4n) is 2.60. The van der Waals surface area contributed by atoms with E-state index in [0.29, 0.717) is 18.5 Å². The van der Waals surface area contributed by atoms with Crippen molar-refractivity contribution in [3.05, 3.63) is 24.0 Å². The second kappa shape index (κ2) is 5.76. The highest BCUT2D eigenvalue weighted by Crippen LogP contribution is 2.20. The number of aliphatic hydroxyl groups excluding tert-OH is 1. The Morgan fingerprint density at radius 1 is 1.35 bits per heavy atom. The van der Waals surface area contributed by atoms with E-state index in [1.54, 1.807) is 12.3 Å². The Balaban J connectivity index is 1.58. The van der Waals surface area contributed by atoms with Crippen LogP contribution in [0.3, 0.4) is 0 Å². The Morgan fingerprint density at radius 2 is 2.10 bits per heavy atom. The summed E-state index contributed by atoms with van der Waals surface area (Å²) >= 11 is 0. The van der Waals surface area contributed by atoms with Gasteiger partial charge in [0.2, 0.25) is 0 Å². The van der Waals surface area contributed by atoms with Crippen LogP contribution >= 0.6 is 0 Å². The van der Waals surface area contributed by atoms with E-state index in [9.17, 15) is 9.90 Å². The van der Waals surface area contributed by atoms with Gasteiger partial charge in [-0.3, -0.25) is 4.79 Å². The first-order chi connectivity index (χ1) is 9.72. The van der Waals surface area contributed by atoms with Crippen LogP contribution in [0.2, 0.25) is 0 Å². The molecule has 0 atom stereocenters. The fourth-order valence-corrected chi connectivity index (χ4v) is 2.60. The molecule has 1 saturated heterocycles. The first kappa shape index (κ1) is 13.3. The topological polar surface area (TPSA) is 77.5 Å². The molecule has 1 aliphatic heterocycles. The average Bonchev–Trinajstić information content (AvgIpc) is 2.47. The normalized spacial score (nSPS) is 25.9. The number of aromatic nitrogens is 1. The average molecular weight is 276 g/mol. The van der Waals surface area contributed by atoms with Gasteiger partial charge in [0.25, 0.3) is 5.91 Å². The molecule has 1 amide bonds. The summed E-state index contributed by atoms with van der Waals surface area (Å²) in [5.41, 5.74) is 1.49. The summed E-state index contributed by atoms with van der Waals surface area (Å²) < 4.78 is 0. The highest BCUT2D eigenvalue weighted by Gasteiger charge is 2.28. The Kier molecular flexibility index (Phi) is 3.84. The van der Waals surface area contributed by atoms with E-state index in [0.717, 1.165) is 31.9 Å². The molecule has 0 radical (unpaired) electrons. The third kappa shape index (κ3) is 2.91. The molecule has 0 bridgehead atoms. The van der Waals surface area contributed by atoms with Crippen LogP contribution in [0.1, 0.15) is 23.3 Å². The molecule has 1 aliphatic carbocycles. The number of carbonyl (C=O) groups excluding carboxylic acids is 1. The maximum absolute atomic E-state index is 12.0. The monoisotopic (exact) mass is 276 g/mol. The smallest absolute Gasteiger partial charge is 0.270 e. The minimum Gasteiger partial charge on any atom is -0.393 e. The molecule has 108 valence electrons. The van der Waals surface area contributed by atoms with Crippen molar-refractivity contribution in [1.82, 2.24) is 15.6 Å². The van der Waals surface area contributed by atoms with Crippen LogP contribution in [0.4, 0.5) is 5.69 Å². The number of aliphatic hydroxyl groups is 1. The molecule has 1 aromatic heterocycles. The van der Waals surface area contributed by atoms with Gasteiger partial charge in [-0.05, 0) is 25.0 Å². The van der Waals surface area contributed by atoms with Crippen molar-refractivity contribution in [1.29, 1.82) is 0 Å². The van der Waals surface area contributed by atoms with Gasteiger partial charge in [0, 0.05) is 32.2 Å². The Bertz CT molecular complexity index is 465. The molecule has 6 heteroatoms. The molecular weight excluding hydrogens is 256 g/mol. The van der Waals surface area contributed by atoms with E-state index in [1.165, 1.54) is 0 Å². The van der Waals surface area contributed by atoms with Crippen molar-refractivity contribution >= 4 is 11.6 Å². The second-order valence-corrected chi connectivity index (χ2v) is 5.43. The van der Waals surface area contributed by atoms with Crippen molar-refractivity contribution in [2.45, 2.75) is 25.0 Å². The lowest BCUT2D eigenvalue weighted by Gasteiger charge is -2.32. The number of carbonyl (C=O) groups is 1. The van der Waals surface area contributed by atoms with Gasteiger partial charge in [0.15, 0.2) is 0 Å². The number of rotatable bonds is 3. The number of pyridine rings is 1. The van der Waals surface area contributed by atoms with Crippen LogP contribution in [0.15, 0.2) is 18.3 Å². The molecule has 0 unspecified atom stereocenters. The van der Waals surface area contributed by atoms with E-state index >= 15 is 0 Å². The zero-order valence-electron chi connectivity index (χ0n) is 11.4. The van der Waals surface area contributed by atoms with Gasteiger partial charge in [-0.2, -0.15) is 0 Å². The summed E-state index contributed by atoms with van der Waals surface area (Å²) in [6.45, 7) is 3.89. The van der Waals surface area contributed by atoms with Crippen LogP contribution < -0.4 is 15.5 Å². The molecule has 2 heterocycles. The van der Waals surface area contributed by atoms with Crippen LogP contribution in [0, 0.1) is 0 Å². The van der Waals surface area contributed by atoms with E-state index < -0.39 is 0 Å². The lowest BCUT2D eigenvalue weighted by molar-refractivity contribution is 0.0560. The van der Waals surface area contributed by atoms with Crippen LogP contribution in [0.25, 0.3) is 0 Å². The van der Waals surface area contributed by atoms with Gasteiger partial charge >= 0.3 is 0 Å². The van der Waals surface area contributed by atoms with E-state index in [1.807, 2.05) is 6.07 Å². The third-order valence-electron chi connectivity index (χ3n) is 3.91. The molecule has 2 aliphatic rings. The zero-order valence-corrected chi connectivity index (χ0v) is 11.4. The second-order valence-electron chi connectivity index (χ2n) is 5.43. The number of anilines is 1. The molecule has 3 N–H and O–H groups in total. The highest BCUT2D eigenvalue weighted by atomic mass is 16.3. The molecule has 3 rings (SSSR count). The lowest BCUT2D eigenvalue weighted by Crippen LogP contribution is -2.47. The lowest BCUT2D eigenvalue weighted by atomic mass is 9.89. The van der Waals surface area contributed by atoms with Crippen LogP contribution in [0.5, 0.6) is 0 Å². The highest BCUT2D eigenvalue weighted by molar-refractivity contribution is 5.92. The number of piperazine rings is 1. The number of hydrogen-bond donors (Lipinski definition) is 3. The van der Waals surface area contributed by atoms with Gasteiger partial charge in [-0.15, -0.1) is 0 Å². The van der Waals surface area contributed by atoms with Crippen molar-refractivity contribution in [3.63, 3.8) is 0 Å². The number of amides is 1. The molecule has 20 heavy (non-hydrogen) atoms. The van der Waals surface area contributed by atoms with Crippen molar-refractivity contribution in [2.75, 3.05) is 31.1 Å². The molecular formula is C14H20N4O2. The summed E-state index contributed by atoms with van der Waals surface area (Å²) in [7, 11) is 0. The van der Waals surface area contributed by atoms with Gasteiger partial charge in [0.05, 0.1) is 18.0 Å². The molecule has 2 fully saturated rings. The van der Waals surface area contributed by atoms with Crippen LogP contribution in [-0.4, -0.2) is 54.3 Å². The van der Waals surface area contributed by atoms with Crippen molar-refractivity contribution < 1.29 is 9.90 Å². The quantitative estimate of drug-likeness (QED) is 0.709.